The van der Waals surface area contributed by atoms with E-state index in [1.54, 1.807) is 0 Å². The fourth-order valence-corrected chi connectivity index (χ4v) is 1.65. The number of hydrogen-bond acceptors (Lipinski definition) is 3. The number of rotatable bonds is 3. The molecular weight excluding hydrogens is 305 g/mol. The minimum Gasteiger partial charge on any atom is -0.325 e. The molecule has 0 spiro atoms. The molecule has 14 heavy (non-hydrogen) atoms. The summed E-state index contributed by atoms with van der Waals surface area (Å²) >= 11 is 1.90. The molecule has 1 rings (SSSR count). The highest BCUT2D eigenvalue weighted by Crippen LogP contribution is 2.22. The largest absolute Gasteiger partial charge is 0.325 e. The first-order valence-corrected chi connectivity index (χ1v) is 4.80. The van der Waals surface area contributed by atoms with E-state index >= 15 is 0 Å². The Morgan fingerprint density at radius 1 is 1.64 bits per heavy atom. The van der Waals surface area contributed by atoms with Gasteiger partial charge in [0.05, 0.1) is 5.69 Å². The zero-order valence-electron chi connectivity index (χ0n) is 7.01. The van der Waals surface area contributed by atoms with E-state index in [0.29, 0.717) is 15.6 Å². The van der Waals surface area contributed by atoms with Gasteiger partial charge in [-0.1, -0.05) is 0 Å². The van der Waals surface area contributed by atoms with Gasteiger partial charge in [0.2, 0.25) is 0 Å². The van der Waals surface area contributed by atoms with Crippen LogP contribution in [0.2, 0.25) is 0 Å². The van der Waals surface area contributed by atoms with Gasteiger partial charge in [0.25, 0.3) is 6.43 Å². The van der Waals surface area contributed by atoms with Crippen molar-refractivity contribution in [1.29, 1.82) is 0 Å². The van der Waals surface area contributed by atoms with Crippen LogP contribution in [0.25, 0.3) is 0 Å². The molecule has 3 nitrogen and oxygen atoms in total. The fourth-order valence-electron chi connectivity index (χ4n) is 0.969. The molecule has 0 bridgehead atoms. The van der Waals surface area contributed by atoms with Gasteiger partial charge in [-0.05, 0) is 28.7 Å². The summed E-state index contributed by atoms with van der Waals surface area (Å²) in [6.07, 6.45) is -2.38. The molecule has 0 aromatic carbocycles. The molecule has 1 aromatic heterocycles. The minimum atomic E-state index is -2.75. The van der Waals surface area contributed by atoms with Crippen LogP contribution in [0.3, 0.4) is 0 Å². The van der Waals surface area contributed by atoms with Crippen LogP contribution in [-0.2, 0) is 6.54 Å². The van der Waals surface area contributed by atoms with E-state index in [1.165, 1.54) is 6.07 Å². The Balaban J connectivity index is 3.32. The molecule has 0 amide bonds. The van der Waals surface area contributed by atoms with Gasteiger partial charge in [-0.3, -0.25) is 4.79 Å². The zero-order valence-corrected chi connectivity index (χ0v) is 9.16. The lowest BCUT2D eigenvalue weighted by Crippen LogP contribution is -2.08. The highest BCUT2D eigenvalue weighted by atomic mass is 127. The molecule has 76 valence electrons. The molecule has 0 atom stereocenters. The number of pyridine rings is 1. The van der Waals surface area contributed by atoms with Crippen LogP contribution in [0.4, 0.5) is 8.78 Å². The van der Waals surface area contributed by atoms with Crippen molar-refractivity contribution in [3.8, 4) is 0 Å². The van der Waals surface area contributed by atoms with Crippen molar-refractivity contribution in [2.45, 2.75) is 13.0 Å². The van der Waals surface area contributed by atoms with E-state index in [9.17, 15) is 13.6 Å². The molecule has 0 saturated heterocycles. The average Bonchev–Trinajstić information content (AvgIpc) is 2.16. The predicted molar refractivity (Wildman–Crippen MR) is 55.2 cm³/mol. The molecular formula is C8H7F2IN2O. The maximum absolute atomic E-state index is 12.4. The number of carbonyl (C=O) groups excluding carboxylic acids is 1. The van der Waals surface area contributed by atoms with Gasteiger partial charge in [-0.2, -0.15) is 0 Å². The summed E-state index contributed by atoms with van der Waals surface area (Å²) in [5, 5.41) is 0. The van der Waals surface area contributed by atoms with E-state index in [1.807, 2.05) is 22.6 Å². The van der Waals surface area contributed by atoms with Gasteiger partial charge in [0.15, 0.2) is 6.29 Å². The summed E-state index contributed by atoms with van der Waals surface area (Å²) in [5.74, 6) is 0. The van der Waals surface area contributed by atoms with Crippen LogP contribution in [0.1, 0.15) is 28.2 Å². The van der Waals surface area contributed by atoms with Crippen molar-refractivity contribution in [2.75, 3.05) is 0 Å². The minimum absolute atomic E-state index is 0.0805. The van der Waals surface area contributed by atoms with Crippen molar-refractivity contribution in [1.82, 2.24) is 4.98 Å². The second-order valence-electron chi connectivity index (χ2n) is 2.51. The van der Waals surface area contributed by atoms with Gasteiger partial charge in [0, 0.05) is 15.7 Å². The number of carbonyl (C=O) groups is 1. The lowest BCUT2D eigenvalue weighted by Gasteiger charge is -2.07. The van der Waals surface area contributed by atoms with Crippen molar-refractivity contribution >= 4 is 28.9 Å². The molecule has 2 N–H and O–H groups in total. The number of alkyl halides is 2. The molecule has 0 radical (unpaired) electrons. The van der Waals surface area contributed by atoms with Crippen LogP contribution >= 0.6 is 22.6 Å². The Morgan fingerprint density at radius 2 is 2.29 bits per heavy atom. The van der Waals surface area contributed by atoms with E-state index < -0.39 is 12.1 Å². The maximum Gasteiger partial charge on any atom is 0.281 e. The molecule has 0 aliphatic heterocycles. The van der Waals surface area contributed by atoms with Crippen LogP contribution in [0.15, 0.2) is 6.07 Å². The third-order valence-electron chi connectivity index (χ3n) is 1.64. The Bertz CT molecular complexity index is 357. The third-order valence-corrected chi connectivity index (χ3v) is 2.57. The summed E-state index contributed by atoms with van der Waals surface area (Å²) in [6, 6.07) is 1.37. The second kappa shape index (κ2) is 4.74. The predicted octanol–water partition coefficient (Wildman–Crippen LogP) is 1.90. The zero-order chi connectivity index (χ0) is 10.7. The molecule has 0 fully saturated rings. The summed E-state index contributed by atoms with van der Waals surface area (Å²) in [6.45, 7) is 0.0805. The first-order valence-electron chi connectivity index (χ1n) is 3.72. The van der Waals surface area contributed by atoms with Crippen molar-refractivity contribution < 1.29 is 13.6 Å². The van der Waals surface area contributed by atoms with E-state index in [2.05, 4.69) is 4.98 Å². The van der Waals surface area contributed by atoms with Gasteiger partial charge in [-0.15, -0.1) is 0 Å². The van der Waals surface area contributed by atoms with Crippen LogP contribution in [-0.4, -0.2) is 11.3 Å². The Morgan fingerprint density at radius 3 is 2.71 bits per heavy atom. The molecule has 1 aromatic rings. The van der Waals surface area contributed by atoms with E-state index in [0.717, 1.165) is 0 Å². The van der Waals surface area contributed by atoms with E-state index in [-0.39, 0.29) is 12.1 Å². The molecule has 1 heterocycles. The number of aromatic nitrogens is 1. The first kappa shape index (κ1) is 11.4. The monoisotopic (exact) mass is 312 g/mol. The molecule has 0 unspecified atom stereocenters. The Labute approximate surface area is 92.8 Å². The molecule has 0 aliphatic rings. The highest BCUT2D eigenvalue weighted by Gasteiger charge is 2.16. The molecule has 0 aliphatic carbocycles. The van der Waals surface area contributed by atoms with Gasteiger partial charge < -0.3 is 5.73 Å². The lowest BCUT2D eigenvalue weighted by atomic mass is 10.2. The first-order chi connectivity index (χ1) is 6.60. The number of hydrogen-bond donors (Lipinski definition) is 1. The van der Waals surface area contributed by atoms with Crippen LogP contribution in [0.5, 0.6) is 0 Å². The van der Waals surface area contributed by atoms with Crippen LogP contribution < -0.4 is 5.73 Å². The smallest absolute Gasteiger partial charge is 0.281 e. The van der Waals surface area contributed by atoms with Gasteiger partial charge in [0.1, 0.15) is 5.69 Å². The maximum atomic E-state index is 12.4. The summed E-state index contributed by atoms with van der Waals surface area (Å²) in [7, 11) is 0. The summed E-state index contributed by atoms with van der Waals surface area (Å²) in [4.78, 5) is 14.1. The van der Waals surface area contributed by atoms with Crippen molar-refractivity contribution in [3.05, 3.63) is 26.6 Å². The Kier molecular flexibility index (Phi) is 3.87. The highest BCUT2D eigenvalue weighted by molar-refractivity contribution is 14.1. The third kappa shape index (κ3) is 2.24. The lowest BCUT2D eigenvalue weighted by molar-refractivity contribution is 0.110. The topological polar surface area (TPSA) is 56.0 Å². The molecule has 6 heteroatoms. The van der Waals surface area contributed by atoms with Gasteiger partial charge in [-0.25, -0.2) is 13.8 Å². The van der Waals surface area contributed by atoms with Crippen LogP contribution in [0, 0.1) is 3.57 Å². The van der Waals surface area contributed by atoms with Crippen molar-refractivity contribution in [2.24, 2.45) is 5.73 Å². The number of halogens is 3. The van der Waals surface area contributed by atoms with Gasteiger partial charge >= 0.3 is 0 Å². The fraction of sp³-hybridized carbons (Fsp3) is 0.250. The average molecular weight is 312 g/mol. The second-order valence-corrected chi connectivity index (χ2v) is 3.68. The summed E-state index contributed by atoms with van der Waals surface area (Å²) in [5.41, 5.74) is 5.11. The SMILES string of the molecule is NCc1nc(C(F)F)c(C=O)cc1I. The van der Waals surface area contributed by atoms with Crippen molar-refractivity contribution in [3.63, 3.8) is 0 Å². The summed E-state index contributed by atoms with van der Waals surface area (Å²) < 4.78 is 25.4. The molecule has 0 saturated carbocycles. The quantitative estimate of drug-likeness (QED) is 0.685. The Hall–Kier alpha value is -0.630. The number of nitrogens with two attached hydrogens (primary N) is 1. The normalized spacial score (nSPS) is 10.6. The number of nitrogens with zero attached hydrogens (tertiary/aromatic N) is 1. The number of aldehydes is 1. The van der Waals surface area contributed by atoms with E-state index in [4.69, 9.17) is 5.73 Å². The standard InChI is InChI=1S/C8H7F2IN2O/c9-8(10)7-4(3-14)1-5(11)6(2-12)13-7/h1,3,8H,2,12H2.